The van der Waals surface area contributed by atoms with Crippen LogP contribution >= 0.6 is 11.3 Å². The molecule has 1 aliphatic carbocycles. The fourth-order valence-electron chi connectivity index (χ4n) is 3.21. The summed E-state index contributed by atoms with van der Waals surface area (Å²) in [5, 5.41) is 5.18. The number of aryl methyl sites for hydroxylation is 1. The molecule has 3 amide bonds. The first-order valence-electron chi connectivity index (χ1n) is 9.19. The molecule has 1 aromatic heterocycles. The molecule has 3 rings (SSSR count). The number of nitrogens with one attached hydrogen (secondary N) is 2. The molecule has 0 saturated heterocycles. The predicted molar refractivity (Wildman–Crippen MR) is 104 cm³/mol. The number of carbonyl (C=O) groups excluding carboxylic acids is 3. The third-order valence-corrected chi connectivity index (χ3v) is 5.69. The zero-order valence-electron chi connectivity index (χ0n) is 15.5. The Bertz CT molecular complexity index is 910. The Kier molecular flexibility index (Phi) is 6.41. The van der Waals surface area contributed by atoms with Gasteiger partial charge in [0, 0.05) is 4.88 Å². The monoisotopic (exact) mass is 404 g/mol. The molecule has 2 N–H and O–H groups in total. The fraction of sp³-hybridized carbons (Fsp3) is 0.350. The molecule has 2 aromatic rings. The van der Waals surface area contributed by atoms with Crippen molar-refractivity contribution in [2.45, 2.75) is 39.0 Å². The van der Waals surface area contributed by atoms with Crippen LogP contribution in [0.25, 0.3) is 0 Å². The summed E-state index contributed by atoms with van der Waals surface area (Å²) in [6.07, 6.45) is 3.61. The van der Waals surface area contributed by atoms with Crippen molar-refractivity contribution >= 4 is 34.2 Å². The van der Waals surface area contributed by atoms with Gasteiger partial charge in [0.05, 0.1) is 17.7 Å². The molecular formula is C20H21FN2O4S. The zero-order valence-corrected chi connectivity index (χ0v) is 16.3. The Labute approximate surface area is 166 Å². The number of benzene rings is 1. The number of rotatable bonds is 4. The van der Waals surface area contributed by atoms with Gasteiger partial charge in [0.2, 0.25) is 0 Å². The van der Waals surface area contributed by atoms with E-state index in [9.17, 15) is 18.8 Å². The second-order valence-corrected chi connectivity index (χ2v) is 7.48. The van der Waals surface area contributed by atoms with Crippen LogP contribution in [-0.2, 0) is 17.6 Å². The molecule has 0 spiro atoms. The van der Waals surface area contributed by atoms with E-state index in [0.29, 0.717) is 11.4 Å². The van der Waals surface area contributed by atoms with Crippen molar-refractivity contribution in [1.29, 1.82) is 0 Å². The second-order valence-electron chi connectivity index (χ2n) is 6.38. The van der Waals surface area contributed by atoms with Gasteiger partial charge in [0.1, 0.15) is 10.8 Å². The quantitative estimate of drug-likeness (QED) is 0.745. The highest BCUT2D eigenvalue weighted by Crippen LogP contribution is 2.37. The number of amides is 3. The number of ether oxygens (including phenoxy) is 1. The number of fused-ring (bicyclic) bond motifs is 1. The highest BCUT2D eigenvalue weighted by molar-refractivity contribution is 7.17. The fourth-order valence-corrected chi connectivity index (χ4v) is 4.49. The van der Waals surface area contributed by atoms with Crippen LogP contribution in [0.3, 0.4) is 0 Å². The molecule has 148 valence electrons. The maximum Gasteiger partial charge on any atom is 0.414 e. The van der Waals surface area contributed by atoms with Gasteiger partial charge in [-0.25, -0.2) is 9.18 Å². The lowest BCUT2D eigenvalue weighted by Gasteiger charge is -2.10. The van der Waals surface area contributed by atoms with Crippen LogP contribution in [0.1, 0.15) is 57.3 Å². The number of hydrogen-bond donors (Lipinski definition) is 2. The van der Waals surface area contributed by atoms with E-state index in [2.05, 4.69) is 10.6 Å². The Morgan fingerprint density at radius 2 is 1.86 bits per heavy atom. The molecule has 0 unspecified atom stereocenters. The number of thiophene rings is 1. The lowest BCUT2D eigenvalue weighted by atomic mass is 10.0. The van der Waals surface area contributed by atoms with Crippen LogP contribution in [-0.4, -0.2) is 24.5 Å². The standard InChI is InChI=1S/C20H21FN2O4S/c1-2-27-20(26)23-18(25)16-13-9-4-3-5-11-15(13)28-19(16)22-17(24)12-8-6-7-10-14(12)21/h6-8,10H,2-5,9,11H2,1H3,(H,22,24)(H,23,25,26). The first-order chi connectivity index (χ1) is 13.5. The van der Waals surface area contributed by atoms with Crippen LogP contribution in [0, 0.1) is 5.82 Å². The largest absolute Gasteiger partial charge is 0.450 e. The number of alkyl carbamates (subject to hydrolysis) is 1. The minimum atomic E-state index is -0.840. The molecule has 8 heteroatoms. The summed E-state index contributed by atoms with van der Waals surface area (Å²) in [6.45, 7) is 1.78. The molecule has 0 atom stereocenters. The Balaban J connectivity index is 1.93. The average Bonchev–Trinajstić information content (AvgIpc) is 2.82. The van der Waals surface area contributed by atoms with Crippen molar-refractivity contribution in [3.05, 3.63) is 51.7 Å². The molecule has 0 aliphatic heterocycles. The normalized spacial score (nSPS) is 13.2. The molecule has 0 bridgehead atoms. The Morgan fingerprint density at radius 1 is 1.11 bits per heavy atom. The summed E-state index contributed by atoms with van der Waals surface area (Å²) in [6, 6.07) is 5.64. The van der Waals surface area contributed by atoms with Gasteiger partial charge in [-0.15, -0.1) is 11.3 Å². The molecule has 1 heterocycles. The van der Waals surface area contributed by atoms with Crippen molar-refractivity contribution in [3.8, 4) is 0 Å². The maximum atomic E-state index is 13.9. The molecule has 28 heavy (non-hydrogen) atoms. The first kappa shape index (κ1) is 20.0. The third-order valence-electron chi connectivity index (χ3n) is 4.48. The highest BCUT2D eigenvalue weighted by Gasteiger charge is 2.27. The summed E-state index contributed by atoms with van der Waals surface area (Å²) in [5.74, 6) is -1.91. The van der Waals surface area contributed by atoms with Crippen molar-refractivity contribution in [1.82, 2.24) is 5.32 Å². The molecule has 6 nitrogen and oxygen atoms in total. The summed E-state index contributed by atoms with van der Waals surface area (Å²) in [4.78, 5) is 38.0. The van der Waals surface area contributed by atoms with Crippen molar-refractivity contribution < 1.29 is 23.5 Å². The van der Waals surface area contributed by atoms with Crippen LogP contribution < -0.4 is 10.6 Å². The van der Waals surface area contributed by atoms with Crippen LogP contribution in [0.15, 0.2) is 24.3 Å². The topological polar surface area (TPSA) is 84.5 Å². The predicted octanol–water partition coefficient (Wildman–Crippen LogP) is 4.29. The van der Waals surface area contributed by atoms with E-state index in [1.807, 2.05) is 0 Å². The van der Waals surface area contributed by atoms with Crippen molar-refractivity contribution in [2.24, 2.45) is 0 Å². The number of halogens is 1. The smallest absolute Gasteiger partial charge is 0.414 e. The number of carbonyl (C=O) groups is 3. The molecule has 0 fully saturated rings. The molecule has 1 aliphatic rings. The lowest BCUT2D eigenvalue weighted by Crippen LogP contribution is -2.32. The van der Waals surface area contributed by atoms with Gasteiger partial charge in [0.25, 0.3) is 11.8 Å². The van der Waals surface area contributed by atoms with Gasteiger partial charge < -0.3 is 10.1 Å². The number of imide groups is 1. The third kappa shape index (κ3) is 4.39. The van der Waals surface area contributed by atoms with Gasteiger partial charge in [-0.2, -0.15) is 0 Å². The van der Waals surface area contributed by atoms with Gasteiger partial charge in [-0.05, 0) is 50.3 Å². The van der Waals surface area contributed by atoms with Crippen LogP contribution in [0.4, 0.5) is 14.2 Å². The van der Waals surface area contributed by atoms with Crippen molar-refractivity contribution in [2.75, 3.05) is 11.9 Å². The van der Waals surface area contributed by atoms with Gasteiger partial charge in [-0.3, -0.25) is 14.9 Å². The van der Waals surface area contributed by atoms with E-state index >= 15 is 0 Å². The van der Waals surface area contributed by atoms with Gasteiger partial charge in [0.15, 0.2) is 0 Å². The second kappa shape index (κ2) is 8.97. The first-order valence-corrected chi connectivity index (χ1v) is 10.0. The van der Waals surface area contributed by atoms with E-state index in [-0.39, 0.29) is 17.7 Å². The summed E-state index contributed by atoms with van der Waals surface area (Å²) in [7, 11) is 0. The minimum Gasteiger partial charge on any atom is -0.450 e. The lowest BCUT2D eigenvalue weighted by molar-refractivity contribution is 0.0925. The summed E-state index contributed by atoms with van der Waals surface area (Å²) < 4.78 is 18.7. The molecule has 0 radical (unpaired) electrons. The molecule has 1 aromatic carbocycles. The van der Waals surface area contributed by atoms with Crippen LogP contribution in [0.5, 0.6) is 0 Å². The summed E-state index contributed by atoms with van der Waals surface area (Å²) >= 11 is 1.31. The number of anilines is 1. The van der Waals surface area contributed by atoms with Gasteiger partial charge in [-0.1, -0.05) is 18.6 Å². The maximum absolute atomic E-state index is 13.9. The highest BCUT2D eigenvalue weighted by atomic mass is 32.1. The Hall–Kier alpha value is -2.74. The zero-order chi connectivity index (χ0) is 20.1. The van der Waals surface area contributed by atoms with Crippen LogP contribution in [0.2, 0.25) is 0 Å². The number of hydrogen-bond acceptors (Lipinski definition) is 5. The molecule has 0 saturated carbocycles. The van der Waals surface area contributed by atoms with E-state index in [4.69, 9.17) is 4.74 Å². The van der Waals surface area contributed by atoms with E-state index in [1.54, 1.807) is 13.0 Å². The van der Waals surface area contributed by atoms with E-state index < -0.39 is 23.7 Å². The van der Waals surface area contributed by atoms with E-state index in [0.717, 1.165) is 36.1 Å². The van der Waals surface area contributed by atoms with Gasteiger partial charge >= 0.3 is 6.09 Å². The average molecular weight is 404 g/mol. The van der Waals surface area contributed by atoms with E-state index in [1.165, 1.54) is 29.5 Å². The summed E-state index contributed by atoms with van der Waals surface area (Å²) in [5.41, 5.74) is 0.996. The SMILES string of the molecule is CCOC(=O)NC(=O)c1c(NC(=O)c2ccccc2F)sc2c1CCCCC2. The van der Waals surface area contributed by atoms with Crippen molar-refractivity contribution in [3.63, 3.8) is 0 Å². The minimum absolute atomic E-state index is 0.108. The Morgan fingerprint density at radius 3 is 2.61 bits per heavy atom. The molecular weight excluding hydrogens is 383 g/mol.